The minimum Gasteiger partial charge on any atom is -0.353 e. The first-order valence-corrected chi connectivity index (χ1v) is 11.3. The summed E-state index contributed by atoms with van der Waals surface area (Å²) in [7, 11) is 0. The minimum absolute atomic E-state index is 0.223. The Morgan fingerprint density at radius 1 is 0.912 bits per heavy atom. The van der Waals surface area contributed by atoms with Crippen LogP contribution < -0.4 is 5.32 Å². The summed E-state index contributed by atoms with van der Waals surface area (Å²) in [6.45, 7) is 6.36. The van der Waals surface area contributed by atoms with Gasteiger partial charge in [-0.25, -0.2) is 4.39 Å². The molecule has 0 aliphatic heterocycles. The van der Waals surface area contributed by atoms with Gasteiger partial charge in [0.2, 0.25) is 0 Å². The van der Waals surface area contributed by atoms with Crippen LogP contribution in [0.2, 0.25) is 0 Å². The molecule has 0 amide bonds. The van der Waals surface area contributed by atoms with Crippen molar-refractivity contribution in [3.63, 3.8) is 0 Å². The lowest BCUT2D eigenvalue weighted by Gasteiger charge is -2.25. The highest BCUT2D eigenvalue weighted by Crippen LogP contribution is 2.32. The molecular formula is C29H29F4N. The van der Waals surface area contributed by atoms with Gasteiger partial charge in [-0.05, 0) is 85.2 Å². The van der Waals surface area contributed by atoms with Gasteiger partial charge >= 0.3 is 6.18 Å². The highest BCUT2D eigenvalue weighted by molar-refractivity contribution is 5.61. The van der Waals surface area contributed by atoms with Crippen molar-refractivity contribution >= 4 is 11.4 Å². The SMILES string of the molecule is C#CC(C)(CCCc1ccc(F)c(Nc2ccc(C(F)(F)F)cc2)c1)c1ccc(C(C)C)cc1. The molecule has 1 N–H and O–H groups in total. The summed E-state index contributed by atoms with van der Waals surface area (Å²) >= 11 is 0. The molecule has 0 saturated heterocycles. The predicted octanol–water partition coefficient (Wildman–Crippen LogP) is 8.63. The van der Waals surface area contributed by atoms with E-state index in [1.54, 1.807) is 12.1 Å². The smallest absolute Gasteiger partial charge is 0.353 e. The van der Waals surface area contributed by atoms with Crippen molar-refractivity contribution in [2.24, 2.45) is 0 Å². The number of hydrogen-bond acceptors (Lipinski definition) is 1. The number of halogens is 4. The van der Waals surface area contributed by atoms with E-state index in [1.807, 2.05) is 0 Å². The monoisotopic (exact) mass is 467 g/mol. The normalized spacial score (nSPS) is 13.4. The first-order valence-electron chi connectivity index (χ1n) is 11.3. The van der Waals surface area contributed by atoms with Gasteiger partial charge in [-0.1, -0.05) is 50.1 Å². The standard InChI is InChI=1S/C29H29F4N/c1-5-28(4,23-11-9-22(10-12-23)20(2)3)18-6-7-21-8-17-26(30)27(19-21)34-25-15-13-24(14-16-25)29(31,32)33/h1,8-17,19-20,34H,6-7,18H2,2-4H3. The molecule has 0 fully saturated rings. The van der Waals surface area contributed by atoms with E-state index in [2.05, 4.69) is 56.3 Å². The van der Waals surface area contributed by atoms with E-state index in [0.29, 0.717) is 18.0 Å². The Labute approximate surface area is 199 Å². The maximum atomic E-state index is 14.3. The molecule has 1 unspecified atom stereocenters. The fraction of sp³-hybridized carbons (Fsp3) is 0.310. The Morgan fingerprint density at radius 2 is 1.53 bits per heavy atom. The van der Waals surface area contributed by atoms with E-state index in [9.17, 15) is 17.6 Å². The van der Waals surface area contributed by atoms with Gasteiger partial charge in [-0.15, -0.1) is 6.42 Å². The van der Waals surface area contributed by atoms with Crippen LogP contribution in [0.1, 0.15) is 61.8 Å². The molecule has 0 bridgehead atoms. The van der Waals surface area contributed by atoms with Crippen LogP contribution in [0, 0.1) is 18.2 Å². The third kappa shape index (κ3) is 6.20. The van der Waals surface area contributed by atoms with E-state index >= 15 is 0 Å². The molecule has 0 aliphatic rings. The first-order chi connectivity index (χ1) is 16.0. The molecule has 0 radical (unpaired) electrons. The van der Waals surface area contributed by atoms with Crippen molar-refractivity contribution in [2.75, 3.05) is 5.32 Å². The van der Waals surface area contributed by atoms with Crippen LogP contribution in [0.25, 0.3) is 0 Å². The van der Waals surface area contributed by atoms with Crippen LogP contribution in [-0.4, -0.2) is 0 Å². The van der Waals surface area contributed by atoms with Crippen LogP contribution in [0.4, 0.5) is 28.9 Å². The zero-order valence-corrected chi connectivity index (χ0v) is 19.6. The Morgan fingerprint density at radius 3 is 2.09 bits per heavy atom. The Kier molecular flexibility index (Phi) is 7.71. The van der Waals surface area contributed by atoms with Crippen LogP contribution in [0.3, 0.4) is 0 Å². The fourth-order valence-electron chi connectivity index (χ4n) is 3.90. The average molecular weight is 468 g/mol. The number of hydrogen-bond donors (Lipinski definition) is 1. The summed E-state index contributed by atoms with van der Waals surface area (Å²) in [5, 5.41) is 2.87. The number of alkyl halides is 3. The van der Waals surface area contributed by atoms with Crippen molar-refractivity contribution in [1.82, 2.24) is 0 Å². The maximum Gasteiger partial charge on any atom is 0.416 e. The number of nitrogens with one attached hydrogen (secondary N) is 1. The molecule has 0 heterocycles. The molecule has 1 atom stereocenters. The topological polar surface area (TPSA) is 12.0 Å². The van der Waals surface area contributed by atoms with Gasteiger partial charge in [0.15, 0.2) is 0 Å². The summed E-state index contributed by atoms with van der Waals surface area (Å²) < 4.78 is 52.6. The van der Waals surface area contributed by atoms with Gasteiger partial charge in [-0.3, -0.25) is 0 Å². The number of aryl methyl sites for hydroxylation is 1. The van der Waals surface area contributed by atoms with Crippen LogP contribution in [0.5, 0.6) is 0 Å². The molecule has 0 saturated carbocycles. The van der Waals surface area contributed by atoms with Gasteiger partial charge in [0.1, 0.15) is 5.82 Å². The third-order valence-electron chi connectivity index (χ3n) is 6.20. The second-order valence-electron chi connectivity index (χ2n) is 9.12. The number of anilines is 2. The molecule has 3 aromatic rings. The lowest BCUT2D eigenvalue weighted by molar-refractivity contribution is -0.137. The number of rotatable bonds is 8. The first kappa shape index (κ1) is 25.4. The van der Waals surface area contributed by atoms with E-state index in [0.717, 1.165) is 36.1 Å². The quantitative estimate of drug-likeness (QED) is 0.258. The van der Waals surface area contributed by atoms with Gasteiger partial charge in [0.25, 0.3) is 0 Å². The molecule has 5 heteroatoms. The Balaban J connectivity index is 1.66. The van der Waals surface area contributed by atoms with Crippen LogP contribution in [0.15, 0.2) is 66.7 Å². The van der Waals surface area contributed by atoms with Crippen molar-refractivity contribution < 1.29 is 17.6 Å². The summed E-state index contributed by atoms with van der Waals surface area (Å²) in [4.78, 5) is 0. The highest BCUT2D eigenvalue weighted by atomic mass is 19.4. The lowest BCUT2D eigenvalue weighted by Crippen LogP contribution is -2.19. The van der Waals surface area contributed by atoms with Crippen LogP contribution >= 0.6 is 0 Å². The molecule has 0 spiro atoms. The Bertz CT molecular complexity index is 1140. The molecule has 34 heavy (non-hydrogen) atoms. The Hall–Kier alpha value is -3.26. The van der Waals surface area contributed by atoms with Crippen molar-refractivity contribution in [3.8, 4) is 12.3 Å². The number of terminal acetylenes is 1. The van der Waals surface area contributed by atoms with Gasteiger partial charge in [0, 0.05) is 5.69 Å². The second-order valence-corrected chi connectivity index (χ2v) is 9.12. The summed E-state index contributed by atoms with van der Waals surface area (Å²) in [6.07, 6.45) is 3.76. The fourth-order valence-corrected chi connectivity index (χ4v) is 3.90. The van der Waals surface area contributed by atoms with E-state index in [1.165, 1.54) is 23.8 Å². The van der Waals surface area contributed by atoms with Gasteiger partial charge in [0.05, 0.1) is 16.7 Å². The van der Waals surface area contributed by atoms with Crippen molar-refractivity contribution in [2.45, 2.75) is 57.5 Å². The summed E-state index contributed by atoms with van der Waals surface area (Å²) in [6, 6.07) is 17.7. The molecule has 0 aliphatic carbocycles. The van der Waals surface area contributed by atoms with E-state index in [4.69, 9.17) is 6.42 Å². The van der Waals surface area contributed by atoms with E-state index < -0.39 is 23.0 Å². The minimum atomic E-state index is -4.41. The van der Waals surface area contributed by atoms with Gasteiger partial charge < -0.3 is 5.32 Å². The molecule has 178 valence electrons. The van der Waals surface area contributed by atoms with E-state index in [-0.39, 0.29) is 5.69 Å². The molecular weight excluding hydrogens is 438 g/mol. The highest BCUT2D eigenvalue weighted by Gasteiger charge is 2.30. The average Bonchev–Trinajstić information content (AvgIpc) is 2.81. The zero-order chi connectivity index (χ0) is 24.9. The molecule has 0 aromatic heterocycles. The summed E-state index contributed by atoms with van der Waals surface area (Å²) in [5.74, 6) is 2.93. The van der Waals surface area contributed by atoms with Crippen LogP contribution in [-0.2, 0) is 18.0 Å². The zero-order valence-electron chi connectivity index (χ0n) is 19.6. The largest absolute Gasteiger partial charge is 0.416 e. The molecule has 1 nitrogen and oxygen atoms in total. The molecule has 3 rings (SSSR count). The van der Waals surface area contributed by atoms with Gasteiger partial charge in [-0.2, -0.15) is 13.2 Å². The maximum absolute atomic E-state index is 14.3. The predicted molar refractivity (Wildman–Crippen MR) is 131 cm³/mol. The summed E-state index contributed by atoms with van der Waals surface area (Å²) in [5.41, 5.74) is 2.74. The third-order valence-corrected chi connectivity index (χ3v) is 6.20. The second kappa shape index (κ2) is 10.3. The van der Waals surface area contributed by atoms with Crippen molar-refractivity contribution in [3.05, 3.63) is 94.8 Å². The van der Waals surface area contributed by atoms with Crippen molar-refractivity contribution in [1.29, 1.82) is 0 Å². The lowest BCUT2D eigenvalue weighted by atomic mass is 9.78. The molecule has 3 aromatic carbocycles. The number of benzene rings is 3.